The van der Waals surface area contributed by atoms with Crippen molar-refractivity contribution in [2.24, 2.45) is 10.9 Å². The van der Waals surface area contributed by atoms with Gasteiger partial charge in [0.1, 0.15) is 0 Å². The quantitative estimate of drug-likeness (QED) is 0.520. The Hall–Kier alpha value is -2.04. The van der Waals surface area contributed by atoms with E-state index in [4.69, 9.17) is 0 Å². The highest BCUT2D eigenvalue weighted by Gasteiger charge is 2.22. The first-order chi connectivity index (χ1) is 12.2. The number of carbonyl (C=O) groups excluding carboxylic acids is 1. The minimum Gasteiger partial charge on any atom is -0.356 e. The number of amides is 1. The van der Waals surface area contributed by atoms with E-state index in [0.29, 0.717) is 6.42 Å². The SMILES string of the molecule is CN=C(NCCCC(=O)N1Cc2ccccc2C1)N1CCC(C)CC1. The van der Waals surface area contributed by atoms with Gasteiger partial charge < -0.3 is 15.1 Å². The van der Waals surface area contributed by atoms with Crippen molar-refractivity contribution in [3.05, 3.63) is 35.4 Å². The maximum absolute atomic E-state index is 12.4. The van der Waals surface area contributed by atoms with Crippen molar-refractivity contribution in [3.63, 3.8) is 0 Å². The molecule has 5 heteroatoms. The summed E-state index contributed by atoms with van der Waals surface area (Å²) in [6.07, 6.45) is 3.90. The number of benzene rings is 1. The number of likely N-dealkylation sites (tertiary alicyclic amines) is 1. The molecule has 0 unspecified atom stereocenters. The van der Waals surface area contributed by atoms with Crippen molar-refractivity contribution in [1.82, 2.24) is 15.1 Å². The second kappa shape index (κ2) is 8.37. The zero-order chi connectivity index (χ0) is 17.6. The minimum absolute atomic E-state index is 0.250. The lowest BCUT2D eigenvalue weighted by Gasteiger charge is -2.32. The molecule has 0 aromatic heterocycles. The predicted octanol–water partition coefficient (Wildman–Crippen LogP) is 2.62. The van der Waals surface area contributed by atoms with Gasteiger partial charge in [-0.25, -0.2) is 0 Å². The van der Waals surface area contributed by atoms with E-state index in [-0.39, 0.29) is 5.91 Å². The topological polar surface area (TPSA) is 47.9 Å². The normalized spacial score (nSPS) is 18.4. The first kappa shape index (κ1) is 17.8. The van der Waals surface area contributed by atoms with E-state index in [1.54, 1.807) is 0 Å². The van der Waals surface area contributed by atoms with Crippen LogP contribution in [0.5, 0.6) is 0 Å². The number of nitrogens with one attached hydrogen (secondary N) is 1. The number of carbonyl (C=O) groups is 1. The van der Waals surface area contributed by atoms with Gasteiger partial charge in [-0.3, -0.25) is 9.79 Å². The molecule has 2 aliphatic heterocycles. The Morgan fingerprint density at radius 3 is 2.40 bits per heavy atom. The van der Waals surface area contributed by atoms with Gasteiger partial charge in [0.05, 0.1) is 0 Å². The van der Waals surface area contributed by atoms with Crippen LogP contribution in [-0.2, 0) is 17.9 Å². The van der Waals surface area contributed by atoms with Gasteiger partial charge in [0.25, 0.3) is 0 Å². The molecule has 5 nitrogen and oxygen atoms in total. The molecule has 3 rings (SSSR count). The Balaban J connectivity index is 1.37. The molecule has 0 aliphatic carbocycles. The highest BCUT2D eigenvalue weighted by molar-refractivity contribution is 5.80. The Bertz CT molecular complexity index is 595. The maximum Gasteiger partial charge on any atom is 0.223 e. The lowest BCUT2D eigenvalue weighted by atomic mass is 10.00. The van der Waals surface area contributed by atoms with Crippen molar-refractivity contribution in [1.29, 1.82) is 0 Å². The number of nitrogens with zero attached hydrogens (tertiary/aromatic N) is 3. The van der Waals surface area contributed by atoms with Gasteiger partial charge in [-0.1, -0.05) is 31.2 Å². The number of guanidine groups is 1. The molecule has 0 spiro atoms. The molecule has 1 N–H and O–H groups in total. The van der Waals surface area contributed by atoms with Gasteiger partial charge in [0.2, 0.25) is 5.91 Å². The highest BCUT2D eigenvalue weighted by atomic mass is 16.2. The lowest BCUT2D eigenvalue weighted by molar-refractivity contribution is -0.131. The molecule has 1 fully saturated rings. The third-order valence-electron chi connectivity index (χ3n) is 5.34. The molecule has 1 saturated heterocycles. The summed E-state index contributed by atoms with van der Waals surface area (Å²) in [6.45, 7) is 6.78. The lowest BCUT2D eigenvalue weighted by Crippen LogP contribution is -2.45. The summed E-state index contributed by atoms with van der Waals surface area (Å²) in [5.41, 5.74) is 2.57. The number of aliphatic imine (C=N–C) groups is 1. The first-order valence-electron chi connectivity index (χ1n) is 9.47. The molecule has 2 aliphatic rings. The fraction of sp³-hybridized carbons (Fsp3) is 0.600. The molecule has 1 aromatic carbocycles. The summed E-state index contributed by atoms with van der Waals surface area (Å²) in [5.74, 6) is 2.05. The predicted molar refractivity (Wildman–Crippen MR) is 101 cm³/mol. The van der Waals surface area contributed by atoms with Crippen LogP contribution in [-0.4, -0.2) is 48.3 Å². The highest BCUT2D eigenvalue weighted by Crippen LogP contribution is 2.22. The standard InChI is InChI=1S/C20H30N4O/c1-16-9-12-23(13-10-16)20(21-2)22-11-5-8-19(25)24-14-17-6-3-4-7-18(17)15-24/h3-4,6-7,16H,5,8-15H2,1-2H3,(H,21,22). The molecule has 0 radical (unpaired) electrons. The Morgan fingerprint density at radius 1 is 1.16 bits per heavy atom. The van der Waals surface area contributed by atoms with E-state index in [9.17, 15) is 4.79 Å². The molecule has 0 saturated carbocycles. The van der Waals surface area contributed by atoms with Crippen LogP contribution in [0.3, 0.4) is 0 Å². The van der Waals surface area contributed by atoms with Crippen molar-refractivity contribution in [3.8, 4) is 0 Å². The fourth-order valence-electron chi connectivity index (χ4n) is 3.66. The number of hydrogen-bond acceptors (Lipinski definition) is 2. The van der Waals surface area contributed by atoms with Crippen LogP contribution in [0.25, 0.3) is 0 Å². The van der Waals surface area contributed by atoms with Crippen molar-refractivity contribution >= 4 is 11.9 Å². The van der Waals surface area contributed by atoms with Crippen LogP contribution in [0.1, 0.15) is 43.7 Å². The van der Waals surface area contributed by atoms with Crippen molar-refractivity contribution in [2.45, 2.75) is 45.7 Å². The van der Waals surface area contributed by atoms with Gasteiger partial charge in [-0.2, -0.15) is 0 Å². The minimum atomic E-state index is 0.250. The average Bonchev–Trinajstić information content (AvgIpc) is 3.07. The zero-order valence-corrected chi connectivity index (χ0v) is 15.5. The van der Waals surface area contributed by atoms with Crippen LogP contribution in [0.15, 0.2) is 29.3 Å². The molecule has 25 heavy (non-hydrogen) atoms. The summed E-state index contributed by atoms with van der Waals surface area (Å²) in [4.78, 5) is 21.1. The summed E-state index contributed by atoms with van der Waals surface area (Å²) >= 11 is 0. The fourth-order valence-corrected chi connectivity index (χ4v) is 3.66. The molecule has 1 amide bonds. The van der Waals surface area contributed by atoms with Crippen LogP contribution >= 0.6 is 0 Å². The summed E-state index contributed by atoms with van der Waals surface area (Å²) in [7, 11) is 1.84. The van der Waals surface area contributed by atoms with E-state index in [1.807, 2.05) is 24.1 Å². The second-order valence-electron chi connectivity index (χ2n) is 7.27. The smallest absolute Gasteiger partial charge is 0.223 e. The van der Waals surface area contributed by atoms with Gasteiger partial charge >= 0.3 is 0 Å². The van der Waals surface area contributed by atoms with E-state index >= 15 is 0 Å². The van der Waals surface area contributed by atoms with Gasteiger partial charge in [0, 0.05) is 46.2 Å². The summed E-state index contributed by atoms with van der Waals surface area (Å²) in [6, 6.07) is 8.33. The largest absolute Gasteiger partial charge is 0.356 e. The summed E-state index contributed by atoms with van der Waals surface area (Å²) < 4.78 is 0. The molecule has 136 valence electrons. The number of hydrogen-bond donors (Lipinski definition) is 1. The molecular weight excluding hydrogens is 312 g/mol. The maximum atomic E-state index is 12.4. The molecular formula is C20H30N4O. The Morgan fingerprint density at radius 2 is 1.80 bits per heavy atom. The number of rotatable bonds is 4. The van der Waals surface area contributed by atoms with E-state index in [1.165, 1.54) is 24.0 Å². The number of fused-ring (bicyclic) bond motifs is 1. The molecule has 2 heterocycles. The second-order valence-corrected chi connectivity index (χ2v) is 7.27. The van der Waals surface area contributed by atoms with Crippen LogP contribution in [0.2, 0.25) is 0 Å². The van der Waals surface area contributed by atoms with E-state index in [2.05, 4.69) is 34.3 Å². The van der Waals surface area contributed by atoms with Crippen LogP contribution < -0.4 is 5.32 Å². The Labute approximate surface area is 151 Å². The van der Waals surface area contributed by atoms with E-state index in [0.717, 1.165) is 51.0 Å². The average molecular weight is 342 g/mol. The van der Waals surface area contributed by atoms with Gasteiger partial charge in [-0.15, -0.1) is 0 Å². The molecule has 1 aromatic rings. The Kier molecular flexibility index (Phi) is 5.95. The monoisotopic (exact) mass is 342 g/mol. The summed E-state index contributed by atoms with van der Waals surface area (Å²) in [5, 5.41) is 3.42. The van der Waals surface area contributed by atoms with Crippen LogP contribution in [0.4, 0.5) is 0 Å². The van der Waals surface area contributed by atoms with Gasteiger partial charge in [-0.05, 0) is 36.3 Å². The zero-order valence-electron chi connectivity index (χ0n) is 15.5. The molecule has 0 bridgehead atoms. The van der Waals surface area contributed by atoms with Crippen molar-refractivity contribution in [2.75, 3.05) is 26.7 Å². The van der Waals surface area contributed by atoms with Crippen molar-refractivity contribution < 1.29 is 4.79 Å². The third kappa shape index (κ3) is 4.53. The van der Waals surface area contributed by atoms with Crippen LogP contribution in [0, 0.1) is 5.92 Å². The molecule has 0 atom stereocenters. The van der Waals surface area contributed by atoms with E-state index < -0.39 is 0 Å². The third-order valence-corrected chi connectivity index (χ3v) is 5.34. The van der Waals surface area contributed by atoms with Gasteiger partial charge in [0.15, 0.2) is 5.96 Å². The number of piperidine rings is 1. The first-order valence-corrected chi connectivity index (χ1v) is 9.47.